The lowest BCUT2D eigenvalue weighted by Gasteiger charge is -2.46. The van der Waals surface area contributed by atoms with E-state index in [9.17, 15) is 46.9 Å². The summed E-state index contributed by atoms with van der Waals surface area (Å²) in [5, 5.41) is 45.1. The summed E-state index contributed by atoms with van der Waals surface area (Å²) < 4.78 is 58.0. The van der Waals surface area contributed by atoms with E-state index in [0.29, 0.717) is 26.4 Å². The van der Waals surface area contributed by atoms with Gasteiger partial charge < -0.3 is 25.2 Å². The van der Waals surface area contributed by atoms with Crippen molar-refractivity contribution >= 4 is 31.5 Å². The maximum Gasteiger partial charge on any atom is 0.267 e. The van der Waals surface area contributed by atoms with Gasteiger partial charge in [0.1, 0.15) is 12.2 Å². The molecule has 0 amide bonds. The molecule has 0 saturated carbocycles. The zero-order chi connectivity index (χ0) is 25.7. The van der Waals surface area contributed by atoms with Crippen LogP contribution in [0, 0.1) is 0 Å². The molecule has 4 N–H and O–H groups in total. The van der Waals surface area contributed by atoms with E-state index in [1.807, 2.05) is 0 Å². The number of ether oxygens (including phenoxy) is 1. The standard InChI is InChI=1S/C19H26O12S2/c1-12(20)18(24)17(23,10-14-8-6-5-7-9-14)16(11-30-33(4,28)29,15(22)32(3,26)27)31-19(18,25)13(2)21/h5-9,15,22-25H,10-11H2,1-4H3/t15?,16-,17-,18-,19+/m1/s1. The van der Waals surface area contributed by atoms with Gasteiger partial charge in [-0.15, -0.1) is 0 Å². The first-order valence-corrected chi connectivity index (χ1v) is 13.2. The number of rotatable bonds is 9. The first-order valence-electron chi connectivity index (χ1n) is 9.43. The van der Waals surface area contributed by atoms with Crippen molar-refractivity contribution in [2.45, 2.75) is 48.3 Å². The molecule has 1 aromatic carbocycles. The summed E-state index contributed by atoms with van der Waals surface area (Å²) in [6.07, 6.45) is 0.177. The van der Waals surface area contributed by atoms with Crippen molar-refractivity contribution in [3.05, 3.63) is 35.9 Å². The molecule has 1 aliphatic rings. The Morgan fingerprint density at radius 2 is 1.52 bits per heavy atom. The van der Waals surface area contributed by atoms with E-state index in [1.165, 1.54) is 24.3 Å². The second kappa shape index (κ2) is 8.46. The molecule has 186 valence electrons. The molecule has 0 bridgehead atoms. The van der Waals surface area contributed by atoms with Crippen molar-refractivity contribution in [3.8, 4) is 0 Å². The molecule has 0 radical (unpaired) electrons. The number of hydrogen-bond acceptors (Lipinski definition) is 12. The van der Waals surface area contributed by atoms with Gasteiger partial charge in [-0.05, 0) is 12.5 Å². The molecule has 1 aromatic rings. The molecule has 1 unspecified atom stereocenters. The average molecular weight is 511 g/mol. The summed E-state index contributed by atoms with van der Waals surface area (Å²) in [5.74, 6) is -6.45. The molecular weight excluding hydrogens is 484 g/mol. The van der Waals surface area contributed by atoms with Crippen LogP contribution in [0.5, 0.6) is 0 Å². The number of aliphatic hydroxyl groups is 4. The predicted octanol–water partition coefficient (Wildman–Crippen LogP) is -2.33. The van der Waals surface area contributed by atoms with Crippen LogP contribution in [-0.4, -0.2) is 96.0 Å². The number of hydrogen-bond donors (Lipinski definition) is 4. The molecule has 12 nitrogen and oxygen atoms in total. The van der Waals surface area contributed by atoms with Crippen molar-refractivity contribution in [2.75, 3.05) is 19.1 Å². The van der Waals surface area contributed by atoms with Gasteiger partial charge in [-0.25, -0.2) is 8.42 Å². The van der Waals surface area contributed by atoms with E-state index in [2.05, 4.69) is 4.18 Å². The number of benzene rings is 1. The third-order valence-electron chi connectivity index (χ3n) is 5.70. The smallest absolute Gasteiger partial charge is 0.267 e. The van der Waals surface area contributed by atoms with Crippen LogP contribution in [0.25, 0.3) is 0 Å². The zero-order valence-electron chi connectivity index (χ0n) is 18.2. The van der Waals surface area contributed by atoms with E-state index in [1.54, 1.807) is 6.07 Å². The second-order valence-corrected chi connectivity index (χ2v) is 11.9. The summed E-state index contributed by atoms with van der Waals surface area (Å²) in [6, 6.07) is 7.32. The highest BCUT2D eigenvalue weighted by Gasteiger charge is 2.85. The third kappa shape index (κ3) is 4.25. The van der Waals surface area contributed by atoms with E-state index < -0.39 is 72.6 Å². The van der Waals surface area contributed by atoms with E-state index >= 15 is 0 Å². The maximum absolute atomic E-state index is 12.7. The third-order valence-corrected chi connectivity index (χ3v) is 7.44. The normalized spacial score (nSPS) is 33.6. The Kier molecular flexibility index (Phi) is 7.04. The Bertz CT molecular complexity index is 1150. The lowest BCUT2D eigenvalue weighted by Crippen LogP contribution is -2.75. The fraction of sp³-hybridized carbons (Fsp3) is 0.579. The Balaban J connectivity index is 3.01. The molecule has 0 spiro atoms. The summed E-state index contributed by atoms with van der Waals surface area (Å²) in [4.78, 5) is 25.1. The quantitative estimate of drug-likeness (QED) is 0.258. The van der Waals surface area contributed by atoms with Gasteiger partial charge in [-0.1, -0.05) is 30.3 Å². The zero-order valence-corrected chi connectivity index (χ0v) is 19.9. The van der Waals surface area contributed by atoms with Crippen molar-refractivity contribution < 1.29 is 55.8 Å². The van der Waals surface area contributed by atoms with Gasteiger partial charge in [0.2, 0.25) is 5.60 Å². The summed E-state index contributed by atoms with van der Waals surface area (Å²) in [5.41, 5.74) is -12.8. The second-order valence-electron chi connectivity index (χ2n) is 8.13. The minimum atomic E-state index is -4.68. The summed E-state index contributed by atoms with van der Waals surface area (Å²) in [7, 11) is -9.07. The fourth-order valence-electron chi connectivity index (χ4n) is 4.05. The molecule has 0 aliphatic carbocycles. The summed E-state index contributed by atoms with van der Waals surface area (Å²) in [6.45, 7) is -0.126. The van der Waals surface area contributed by atoms with Gasteiger partial charge in [0.25, 0.3) is 15.9 Å². The molecule has 14 heteroatoms. The lowest BCUT2D eigenvalue weighted by molar-refractivity contribution is -0.264. The average Bonchev–Trinajstić information content (AvgIpc) is 2.83. The van der Waals surface area contributed by atoms with Crippen LogP contribution in [0.1, 0.15) is 19.4 Å². The van der Waals surface area contributed by atoms with Gasteiger partial charge in [-0.2, -0.15) is 8.42 Å². The number of sulfone groups is 1. The molecule has 5 atom stereocenters. The molecule has 0 aromatic heterocycles. The van der Waals surface area contributed by atoms with Crippen LogP contribution in [0.3, 0.4) is 0 Å². The van der Waals surface area contributed by atoms with Gasteiger partial charge in [0.05, 0.1) is 6.26 Å². The topological polar surface area (TPSA) is 202 Å². The lowest BCUT2D eigenvalue weighted by atomic mass is 9.65. The van der Waals surface area contributed by atoms with E-state index in [-0.39, 0.29) is 5.56 Å². The Morgan fingerprint density at radius 1 is 1.00 bits per heavy atom. The van der Waals surface area contributed by atoms with Gasteiger partial charge in [0, 0.05) is 19.6 Å². The van der Waals surface area contributed by atoms with Crippen LogP contribution >= 0.6 is 0 Å². The van der Waals surface area contributed by atoms with Crippen LogP contribution in [0.4, 0.5) is 0 Å². The van der Waals surface area contributed by atoms with Crippen LogP contribution in [0.2, 0.25) is 0 Å². The molecule has 33 heavy (non-hydrogen) atoms. The van der Waals surface area contributed by atoms with Crippen molar-refractivity contribution in [1.82, 2.24) is 0 Å². The van der Waals surface area contributed by atoms with Crippen molar-refractivity contribution in [1.29, 1.82) is 0 Å². The van der Waals surface area contributed by atoms with Crippen molar-refractivity contribution in [3.63, 3.8) is 0 Å². The fourth-order valence-corrected chi connectivity index (χ4v) is 5.44. The first kappa shape index (κ1) is 27.5. The number of carbonyl (C=O) groups is 2. The van der Waals surface area contributed by atoms with Gasteiger partial charge in [-0.3, -0.25) is 13.8 Å². The highest BCUT2D eigenvalue weighted by molar-refractivity contribution is 7.91. The Hall–Kier alpha value is -1.78. The maximum atomic E-state index is 12.7. The largest absolute Gasteiger partial charge is 0.382 e. The number of carbonyl (C=O) groups excluding carboxylic acids is 2. The minimum Gasteiger partial charge on any atom is -0.382 e. The number of Topliss-reactive ketones (excluding diaryl/α,β-unsaturated/α-hetero) is 2. The van der Waals surface area contributed by atoms with Crippen LogP contribution in [0.15, 0.2) is 30.3 Å². The highest BCUT2D eigenvalue weighted by atomic mass is 32.2. The summed E-state index contributed by atoms with van der Waals surface area (Å²) >= 11 is 0. The Morgan fingerprint density at radius 3 is 1.91 bits per heavy atom. The molecular formula is C19H26O12S2. The number of ketones is 2. The molecule has 2 rings (SSSR count). The van der Waals surface area contributed by atoms with E-state index in [0.717, 1.165) is 0 Å². The number of aliphatic hydroxyl groups excluding tert-OH is 1. The molecule has 1 aliphatic heterocycles. The van der Waals surface area contributed by atoms with Crippen LogP contribution in [-0.2, 0) is 44.9 Å². The predicted molar refractivity (Wildman–Crippen MR) is 112 cm³/mol. The van der Waals surface area contributed by atoms with E-state index in [4.69, 9.17) is 4.74 Å². The highest BCUT2D eigenvalue weighted by Crippen LogP contribution is 2.56. The SMILES string of the molecule is CC(=O)[C@@]1(O)[C@@](O)(Cc2ccccc2)[C@@](COS(C)(=O)=O)(C(O)S(C)(=O)=O)O[C@@]1(O)C(C)=O. The molecule has 1 saturated heterocycles. The molecule has 1 fully saturated rings. The molecule has 1 heterocycles. The van der Waals surface area contributed by atoms with Gasteiger partial charge in [0.15, 0.2) is 32.4 Å². The minimum absolute atomic E-state index is 0.139. The van der Waals surface area contributed by atoms with Crippen LogP contribution < -0.4 is 0 Å². The Labute approximate surface area is 190 Å². The first-order chi connectivity index (χ1) is 14.8. The monoisotopic (exact) mass is 510 g/mol. The van der Waals surface area contributed by atoms with Crippen molar-refractivity contribution in [2.24, 2.45) is 0 Å². The van der Waals surface area contributed by atoms with Gasteiger partial charge >= 0.3 is 0 Å².